The molecule has 2 nitrogen and oxygen atoms in total. The standard InChI is InChI=1S/C15H15NOS/c1-10-6-8-18-14(10)15(2,17)12-3-4-13-11(9-12)5-7-16-13/h3-9,16-17H,1-2H3. The number of H-pyrrole nitrogens is 1. The number of fused-ring (bicyclic) bond motifs is 1. The quantitative estimate of drug-likeness (QED) is 0.720. The van der Waals surface area contributed by atoms with Crippen LogP contribution in [-0.2, 0) is 5.60 Å². The molecule has 3 rings (SSSR count). The SMILES string of the molecule is Cc1ccsc1C(C)(O)c1ccc2[nH]ccc2c1. The first-order valence-corrected chi connectivity index (χ1v) is 6.81. The van der Waals surface area contributed by atoms with Crippen LogP contribution >= 0.6 is 11.3 Å². The highest BCUT2D eigenvalue weighted by Crippen LogP contribution is 2.35. The predicted octanol–water partition coefficient (Wildman–Crippen LogP) is 3.79. The highest BCUT2D eigenvalue weighted by atomic mass is 32.1. The summed E-state index contributed by atoms with van der Waals surface area (Å²) in [7, 11) is 0. The smallest absolute Gasteiger partial charge is 0.121 e. The number of aromatic nitrogens is 1. The second-order valence-corrected chi connectivity index (χ2v) is 5.70. The summed E-state index contributed by atoms with van der Waals surface area (Å²) in [4.78, 5) is 4.18. The van der Waals surface area contributed by atoms with Gasteiger partial charge in [-0.05, 0) is 60.0 Å². The number of nitrogens with one attached hydrogen (secondary N) is 1. The van der Waals surface area contributed by atoms with Crippen LogP contribution in [0.25, 0.3) is 10.9 Å². The number of hydrogen-bond donors (Lipinski definition) is 2. The average Bonchev–Trinajstić information content (AvgIpc) is 2.95. The molecule has 2 N–H and O–H groups in total. The van der Waals surface area contributed by atoms with E-state index in [9.17, 15) is 5.11 Å². The summed E-state index contributed by atoms with van der Waals surface area (Å²) in [5.41, 5.74) is 2.24. The van der Waals surface area contributed by atoms with Gasteiger partial charge in [0.05, 0.1) is 0 Å². The van der Waals surface area contributed by atoms with Crippen molar-refractivity contribution in [1.29, 1.82) is 0 Å². The molecule has 3 aromatic rings. The molecule has 2 heterocycles. The largest absolute Gasteiger partial charge is 0.380 e. The lowest BCUT2D eigenvalue weighted by molar-refractivity contribution is 0.106. The van der Waals surface area contributed by atoms with Crippen LogP contribution in [0.3, 0.4) is 0 Å². The molecule has 0 aliphatic carbocycles. The third-order valence-electron chi connectivity index (χ3n) is 3.42. The molecule has 0 aliphatic heterocycles. The van der Waals surface area contributed by atoms with E-state index in [4.69, 9.17) is 0 Å². The van der Waals surface area contributed by atoms with Crippen molar-refractivity contribution in [2.24, 2.45) is 0 Å². The molecule has 0 saturated carbocycles. The summed E-state index contributed by atoms with van der Waals surface area (Å²) in [6.07, 6.45) is 1.92. The zero-order valence-corrected chi connectivity index (χ0v) is 11.2. The lowest BCUT2D eigenvalue weighted by atomic mass is 9.91. The van der Waals surface area contributed by atoms with Crippen LogP contribution in [0.15, 0.2) is 41.9 Å². The Labute approximate surface area is 110 Å². The van der Waals surface area contributed by atoms with E-state index in [-0.39, 0.29) is 0 Å². The monoisotopic (exact) mass is 257 g/mol. The van der Waals surface area contributed by atoms with Gasteiger partial charge < -0.3 is 10.1 Å². The number of thiophene rings is 1. The molecule has 0 amide bonds. The molecule has 0 saturated heterocycles. The van der Waals surface area contributed by atoms with Gasteiger partial charge >= 0.3 is 0 Å². The summed E-state index contributed by atoms with van der Waals surface area (Å²) >= 11 is 1.60. The van der Waals surface area contributed by atoms with E-state index in [1.807, 2.05) is 55.8 Å². The van der Waals surface area contributed by atoms with E-state index in [2.05, 4.69) is 4.98 Å². The number of aryl methyl sites for hydroxylation is 1. The van der Waals surface area contributed by atoms with Gasteiger partial charge in [0.1, 0.15) is 5.60 Å². The fourth-order valence-electron chi connectivity index (χ4n) is 2.36. The Bertz CT molecular complexity index is 693. The van der Waals surface area contributed by atoms with Crippen molar-refractivity contribution in [2.75, 3.05) is 0 Å². The highest BCUT2D eigenvalue weighted by molar-refractivity contribution is 7.10. The van der Waals surface area contributed by atoms with Crippen molar-refractivity contribution < 1.29 is 5.11 Å². The number of benzene rings is 1. The van der Waals surface area contributed by atoms with Crippen LogP contribution < -0.4 is 0 Å². The van der Waals surface area contributed by atoms with E-state index in [0.29, 0.717) is 0 Å². The third-order valence-corrected chi connectivity index (χ3v) is 4.65. The number of hydrogen-bond acceptors (Lipinski definition) is 2. The minimum absolute atomic E-state index is 0.927. The molecular weight excluding hydrogens is 242 g/mol. The van der Waals surface area contributed by atoms with Gasteiger partial charge in [0.25, 0.3) is 0 Å². The van der Waals surface area contributed by atoms with Crippen LogP contribution in [0.1, 0.15) is 22.9 Å². The van der Waals surface area contributed by atoms with Crippen LogP contribution in [0.4, 0.5) is 0 Å². The molecule has 0 radical (unpaired) electrons. The van der Waals surface area contributed by atoms with Crippen molar-refractivity contribution in [3.8, 4) is 0 Å². The van der Waals surface area contributed by atoms with Gasteiger partial charge in [0.15, 0.2) is 0 Å². The Hall–Kier alpha value is -1.58. The van der Waals surface area contributed by atoms with Crippen LogP contribution in [0, 0.1) is 6.92 Å². The molecule has 1 unspecified atom stereocenters. The van der Waals surface area contributed by atoms with Crippen molar-refractivity contribution >= 4 is 22.2 Å². The fraction of sp³-hybridized carbons (Fsp3) is 0.200. The molecule has 18 heavy (non-hydrogen) atoms. The molecule has 0 bridgehead atoms. The van der Waals surface area contributed by atoms with E-state index in [0.717, 1.165) is 26.9 Å². The van der Waals surface area contributed by atoms with Crippen LogP contribution in [0.2, 0.25) is 0 Å². The lowest BCUT2D eigenvalue weighted by Gasteiger charge is -2.24. The van der Waals surface area contributed by atoms with Gasteiger partial charge in [-0.3, -0.25) is 0 Å². The number of rotatable bonds is 2. The van der Waals surface area contributed by atoms with E-state index >= 15 is 0 Å². The molecule has 1 aromatic carbocycles. The van der Waals surface area contributed by atoms with Gasteiger partial charge in [0, 0.05) is 16.6 Å². The van der Waals surface area contributed by atoms with Gasteiger partial charge in [-0.1, -0.05) is 6.07 Å². The maximum Gasteiger partial charge on any atom is 0.121 e. The molecule has 2 aromatic heterocycles. The van der Waals surface area contributed by atoms with Crippen molar-refractivity contribution in [3.05, 3.63) is 57.9 Å². The first kappa shape index (κ1) is 11.5. The second kappa shape index (κ2) is 3.97. The summed E-state index contributed by atoms with van der Waals surface area (Å²) in [5.74, 6) is 0. The Morgan fingerprint density at radius 3 is 2.78 bits per heavy atom. The minimum Gasteiger partial charge on any atom is -0.380 e. The number of aromatic amines is 1. The zero-order valence-electron chi connectivity index (χ0n) is 10.4. The first-order chi connectivity index (χ1) is 8.59. The Morgan fingerprint density at radius 1 is 1.22 bits per heavy atom. The highest BCUT2D eigenvalue weighted by Gasteiger charge is 2.28. The van der Waals surface area contributed by atoms with Gasteiger partial charge in [-0.25, -0.2) is 0 Å². The molecular formula is C15H15NOS. The zero-order chi connectivity index (χ0) is 12.8. The van der Waals surface area contributed by atoms with E-state index in [1.165, 1.54) is 0 Å². The fourth-order valence-corrected chi connectivity index (χ4v) is 3.37. The average molecular weight is 257 g/mol. The van der Waals surface area contributed by atoms with Crippen LogP contribution in [0.5, 0.6) is 0 Å². The Balaban J connectivity index is 2.15. The summed E-state index contributed by atoms with van der Waals surface area (Å²) in [6, 6.07) is 10.1. The van der Waals surface area contributed by atoms with Gasteiger partial charge in [0.2, 0.25) is 0 Å². The summed E-state index contributed by atoms with van der Waals surface area (Å²) < 4.78 is 0. The molecule has 0 fully saturated rings. The van der Waals surface area contributed by atoms with Gasteiger partial charge in [-0.2, -0.15) is 0 Å². The van der Waals surface area contributed by atoms with E-state index < -0.39 is 5.60 Å². The second-order valence-electron chi connectivity index (χ2n) is 4.78. The predicted molar refractivity (Wildman–Crippen MR) is 76.0 cm³/mol. The maximum absolute atomic E-state index is 10.8. The van der Waals surface area contributed by atoms with Crippen LogP contribution in [-0.4, -0.2) is 10.1 Å². The lowest BCUT2D eigenvalue weighted by Crippen LogP contribution is -2.22. The molecule has 0 aliphatic rings. The Kier molecular flexibility index (Phi) is 2.54. The minimum atomic E-state index is -0.927. The topological polar surface area (TPSA) is 36.0 Å². The molecule has 1 atom stereocenters. The normalized spacial score (nSPS) is 14.8. The van der Waals surface area contributed by atoms with E-state index in [1.54, 1.807) is 11.3 Å². The molecule has 92 valence electrons. The first-order valence-electron chi connectivity index (χ1n) is 5.93. The molecule has 0 spiro atoms. The summed E-state index contributed by atoms with van der Waals surface area (Å²) in [6.45, 7) is 3.90. The third kappa shape index (κ3) is 1.67. The number of aliphatic hydroxyl groups is 1. The summed E-state index contributed by atoms with van der Waals surface area (Å²) in [5, 5.41) is 14.0. The van der Waals surface area contributed by atoms with Crippen molar-refractivity contribution in [3.63, 3.8) is 0 Å². The Morgan fingerprint density at radius 2 is 2.06 bits per heavy atom. The molecule has 3 heteroatoms. The maximum atomic E-state index is 10.8. The van der Waals surface area contributed by atoms with Gasteiger partial charge in [-0.15, -0.1) is 11.3 Å². The van der Waals surface area contributed by atoms with Crippen molar-refractivity contribution in [1.82, 2.24) is 4.98 Å². The van der Waals surface area contributed by atoms with Crippen molar-refractivity contribution in [2.45, 2.75) is 19.4 Å².